The lowest BCUT2D eigenvalue weighted by atomic mass is 9.73. The van der Waals surface area contributed by atoms with E-state index in [-0.39, 0.29) is 0 Å². The van der Waals surface area contributed by atoms with Crippen molar-refractivity contribution in [1.82, 2.24) is 5.32 Å². The van der Waals surface area contributed by atoms with E-state index >= 15 is 0 Å². The summed E-state index contributed by atoms with van der Waals surface area (Å²) in [6.07, 6.45) is 5.37. The molecule has 0 aromatic carbocycles. The van der Waals surface area contributed by atoms with E-state index in [0.717, 1.165) is 30.3 Å². The zero-order valence-corrected chi connectivity index (χ0v) is 12.3. The Morgan fingerprint density at radius 2 is 2.12 bits per heavy atom. The van der Waals surface area contributed by atoms with Crippen LogP contribution < -0.4 is 5.32 Å². The molecule has 1 aliphatic carbocycles. The molecular weight excluding hydrogens is 230 g/mol. The molecule has 1 heterocycles. The van der Waals surface area contributed by atoms with Gasteiger partial charge < -0.3 is 10.1 Å². The van der Waals surface area contributed by atoms with Crippen LogP contribution in [0.3, 0.4) is 0 Å². The maximum atomic E-state index is 5.30. The second-order valence-electron chi connectivity index (χ2n) is 6.15. The molecular formula is C14H27NOS. The third kappa shape index (κ3) is 3.39. The van der Waals surface area contributed by atoms with Crippen LogP contribution in [0.2, 0.25) is 0 Å². The van der Waals surface area contributed by atoms with Gasteiger partial charge in [0.2, 0.25) is 0 Å². The number of hydrogen-bond acceptors (Lipinski definition) is 3. The first kappa shape index (κ1) is 13.7. The second kappa shape index (κ2) is 5.94. The van der Waals surface area contributed by atoms with E-state index in [4.69, 9.17) is 4.74 Å². The van der Waals surface area contributed by atoms with E-state index in [2.05, 4.69) is 37.8 Å². The Morgan fingerprint density at radius 1 is 1.35 bits per heavy atom. The first-order valence-corrected chi connectivity index (χ1v) is 8.04. The highest BCUT2D eigenvalue weighted by atomic mass is 32.2. The van der Waals surface area contributed by atoms with Crippen molar-refractivity contribution in [3.63, 3.8) is 0 Å². The summed E-state index contributed by atoms with van der Waals surface area (Å²) in [6, 6.07) is 0.682. The molecule has 0 spiro atoms. The van der Waals surface area contributed by atoms with Crippen LogP contribution in [0.15, 0.2) is 0 Å². The van der Waals surface area contributed by atoms with Crippen molar-refractivity contribution < 1.29 is 4.74 Å². The largest absolute Gasteiger partial charge is 0.379 e. The highest BCUT2D eigenvalue weighted by Gasteiger charge is 2.40. The molecule has 0 bridgehead atoms. The highest BCUT2D eigenvalue weighted by molar-refractivity contribution is 8.00. The number of hydrogen-bond donors (Lipinski definition) is 1. The molecule has 2 atom stereocenters. The first-order chi connectivity index (χ1) is 8.13. The van der Waals surface area contributed by atoms with Crippen LogP contribution in [0.4, 0.5) is 0 Å². The Hall–Kier alpha value is 0.270. The molecule has 2 unspecified atom stereocenters. The summed E-state index contributed by atoms with van der Waals surface area (Å²) >= 11 is 2.18. The molecule has 1 saturated carbocycles. The Kier molecular flexibility index (Phi) is 4.79. The van der Waals surface area contributed by atoms with Crippen LogP contribution in [0.25, 0.3) is 0 Å². The monoisotopic (exact) mass is 257 g/mol. The predicted octanol–water partition coefficient (Wildman–Crippen LogP) is 3.07. The fourth-order valence-electron chi connectivity index (χ4n) is 2.98. The van der Waals surface area contributed by atoms with Gasteiger partial charge in [-0.2, -0.15) is 0 Å². The summed E-state index contributed by atoms with van der Waals surface area (Å²) in [4.78, 5) is 0. The average molecular weight is 257 g/mol. The minimum Gasteiger partial charge on any atom is -0.379 e. The Balaban J connectivity index is 1.94. The van der Waals surface area contributed by atoms with Crippen LogP contribution in [-0.4, -0.2) is 36.3 Å². The summed E-state index contributed by atoms with van der Waals surface area (Å²) < 4.78 is 5.30. The van der Waals surface area contributed by atoms with Gasteiger partial charge in [0.05, 0.1) is 18.5 Å². The van der Waals surface area contributed by atoms with Crippen molar-refractivity contribution >= 4 is 11.8 Å². The maximum absolute atomic E-state index is 5.30. The third-order valence-corrected chi connectivity index (χ3v) is 5.63. The van der Waals surface area contributed by atoms with E-state index < -0.39 is 0 Å². The molecule has 0 aromatic rings. The van der Waals surface area contributed by atoms with Gasteiger partial charge in [0.15, 0.2) is 0 Å². The first-order valence-electron chi connectivity index (χ1n) is 7.10. The second-order valence-corrected chi connectivity index (χ2v) is 7.69. The predicted molar refractivity (Wildman–Crippen MR) is 75.7 cm³/mol. The van der Waals surface area contributed by atoms with Gasteiger partial charge in [-0.05, 0) is 31.2 Å². The van der Waals surface area contributed by atoms with Gasteiger partial charge >= 0.3 is 0 Å². The van der Waals surface area contributed by atoms with Crippen molar-refractivity contribution in [2.45, 2.75) is 63.0 Å². The zero-order chi connectivity index (χ0) is 12.3. The molecule has 2 aliphatic rings. The van der Waals surface area contributed by atoms with E-state index in [1.54, 1.807) is 0 Å². The van der Waals surface area contributed by atoms with Gasteiger partial charge in [-0.15, -0.1) is 11.8 Å². The number of thioether (sulfide) groups is 1. The number of nitrogens with one attached hydrogen (secondary N) is 1. The van der Waals surface area contributed by atoms with Crippen LogP contribution in [0.5, 0.6) is 0 Å². The SMILES string of the molecule is CCCNC1C(SC2COC2)CCCC1(C)C. The van der Waals surface area contributed by atoms with Crippen molar-refractivity contribution in [3.05, 3.63) is 0 Å². The summed E-state index contributed by atoms with van der Waals surface area (Å²) in [7, 11) is 0. The quantitative estimate of drug-likeness (QED) is 0.818. The lowest BCUT2D eigenvalue weighted by Crippen LogP contribution is -2.52. The minimum atomic E-state index is 0.454. The molecule has 2 fully saturated rings. The normalized spacial score (nSPS) is 33.4. The summed E-state index contributed by atoms with van der Waals surface area (Å²) in [6.45, 7) is 10.2. The smallest absolute Gasteiger partial charge is 0.0608 e. The Morgan fingerprint density at radius 3 is 2.71 bits per heavy atom. The Labute approximate surface area is 110 Å². The van der Waals surface area contributed by atoms with Gasteiger partial charge in [0.1, 0.15) is 0 Å². The lowest BCUT2D eigenvalue weighted by molar-refractivity contribution is 0.0446. The third-order valence-electron chi connectivity index (χ3n) is 4.11. The zero-order valence-electron chi connectivity index (χ0n) is 11.5. The van der Waals surface area contributed by atoms with Crippen LogP contribution in [0, 0.1) is 5.41 Å². The molecule has 0 aromatic heterocycles. The van der Waals surface area contributed by atoms with E-state index in [9.17, 15) is 0 Å². The summed E-state index contributed by atoms with van der Waals surface area (Å²) in [5.74, 6) is 0. The van der Waals surface area contributed by atoms with E-state index in [1.807, 2.05) is 0 Å². The van der Waals surface area contributed by atoms with E-state index in [1.165, 1.54) is 25.7 Å². The van der Waals surface area contributed by atoms with Gasteiger partial charge in [-0.25, -0.2) is 0 Å². The molecule has 2 rings (SSSR count). The molecule has 17 heavy (non-hydrogen) atoms. The van der Waals surface area contributed by atoms with Crippen molar-refractivity contribution in [3.8, 4) is 0 Å². The fourth-order valence-corrected chi connectivity index (χ4v) is 4.75. The summed E-state index contributed by atoms with van der Waals surface area (Å²) in [5, 5.41) is 5.36. The van der Waals surface area contributed by atoms with Crippen molar-refractivity contribution in [1.29, 1.82) is 0 Å². The topological polar surface area (TPSA) is 21.3 Å². The van der Waals surface area contributed by atoms with Gasteiger partial charge in [-0.3, -0.25) is 0 Å². The maximum Gasteiger partial charge on any atom is 0.0608 e. The lowest BCUT2D eigenvalue weighted by Gasteiger charge is -2.46. The fraction of sp³-hybridized carbons (Fsp3) is 1.00. The molecule has 0 amide bonds. The van der Waals surface area contributed by atoms with Crippen LogP contribution in [-0.2, 0) is 4.74 Å². The van der Waals surface area contributed by atoms with Gasteiger partial charge in [0, 0.05) is 11.3 Å². The molecule has 2 nitrogen and oxygen atoms in total. The number of rotatable bonds is 5. The van der Waals surface area contributed by atoms with Crippen LogP contribution in [0.1, 0.15) is 46.5 Å². The standard InChI is InChI=1S/C14H27NOS/c1-4-8-15-13-12(17-11-9-16-10-11)6-5-7-14(13,2)3/h11-13,15H,4-10H2,1-3H3. The molecule has 1 N–H and O–H groups in total. The average Bonchev–Trinajstić information content (AvgIpc) is 2.21. The molecule has 0 radical (unpaired) electrons. The molecule has 100 valence electrons. The van der Waals surface area contributed by atoms with Gasteiger partial charge in [-0.1, -0.05) is 27.2 Å². The van der Waals surface area contributed by atoms with Crippen molar-refractivity contribution in [2.75, 3.05) is 19.8 Å². The molecule has 1 saturated heterocycles. The minimum absolute atomic E-state index is 0.454. The molecule has 3 heteroatoms. The highest BCUT2D eigenvalue weighted by Crippen LogP contribution is 2.42. The van der Waals surface area contributed by atoms with Crippen LogP contribution >= 0.6 is 11.8 Å². The van der Waals surface area contributed by atoms with Gasteiger partial charge in [0.25, 0.3) is 0 Å². The Bertz CT molecular complexity index is 240. The number of ether oxygens (including phenoxy) is 1. The van der Waals surface area contributed by atoms with Crippen molar-refractivity contribution in [2.24, 2.45) is 5.41 Å². The summed E-state index contributed by atoms with van der Waals surface area (Å²) in [5.41, 5.74) is 0.454. The van der Waals surface area contributed by atoms with E-state index in [0.29, 0.717) is 11.5 Å². The molecule has 1 aliphatic heterocycles.